The molecule has 0 unspecified atom stereocenters. The van der Waals surface area contributed by atoms with Gasteiger partial charge in [0.1, 0.15) is 0 Å². The summed E-state index contributed by atoms with van der Waals surface area (Å²) >= 11 is 3.50. The van der Waals surface area contributed by atoms with Crippen molar-refractivity contribution in [1.82, 2.24) is 10.2 Å². The Bertz CT molecular complexity index is 499. The van der Waals surface area contributed by atoms with E-state index >= 15 is 0 Å². The summed E-state index contributed by atoms with van der Waals surface area (Å²) in [6.07, 6.45) is 1.97. The van der Waals surface area contributed by atoms with Gasteiger partial charge in [0.25, 0.3) is 0 Å². The number of nitrogens with zero attached hydrogens (tertiary/aromatic N) is 1. The van der Waals surface area contributed by atoms with Gasteiger partial charge >= 0.3 is 0 Å². The van der Waals surface area contributed by atoms with E-state index in [1.165, 1.54) is 0 Å². The fourth-order valence-corrected chi connectivity index (χ4v) is 3.36. The van der Waals surface area contributed by atoms with Gasteiger partial charge in [-0.05, 0) is 37.5 Å². The summed E-state index contributed by atoms with van der Waals surface area (Å²) in [6.45, 7) is 4.70. The van der Waals surface area contributed by atoms with E-state index in [1.807, 2.05) is 17.0 Å². The van der Waals surface area contributed by atoms with Crippen LogP contribution in [0.2, 0.25) is 0 Å². The van der Waals surface area contributed by atoms with Crippen LogP contribution in [-0.2, 0) is 10.2 Å². The number of nitrogens with one attached hydrogen (secondary N) is 1. The first-order valence-electron chi connectivity index (χ1n) is 6.91. The predicted molar refractivity (Wildman–Crippen MR) is 79.1 cm³/mol. The number of piperazine rings is 1. The highest BCUT2D eigenvalue weighted by Crippen LogP contribution is 2.50. The molecule has 1 aliphatic heterocycles. The van der Waals surface area contributed by atoms with Crippen LogP contribution in [0.4, 0.5) is 0 Å². The van der Waals surface area contributed by atoms with E-state index in [1.54, 1.807) is 0 Å². The van der Waals surface area contributed by atoms with Crippen LogP contribution in [0, 0.1) is 0 Å². The Morgan fingerprint density at radius 3 is 2.89 bits per heavy atom. The molecule has 0 aromatic heterocycles. The fourth-order valence-electron chi connectivity index (χ4n) is 2.96. The third-order valence-corrected chi connectivity index (χ3v) is 4.69. The number of hydrogen-bond donors (Lipinski definition) is 1. The molecule has 1 aromatic carbocycles. The molecule has 0 spiro atoms. The second-order valence-electron chi connectivity index (χ2n) is 5.70. The molecular formula is C15H19BrN2O. The van der Waals surface area contributed by atoms with Crippen molar-refractivity contribution in [2.75, 3.05) is 19.6 Å². The molecule has 2 aliphatic rings. The monoisotopic (exact) mass is 322 g/mol. The van der Waals surface area contributed by atoms with Crippen molar-refractivity contribution in [2.45, 2.75) is 31.2 Å². The zero-order chi connectivity index (χ0) is 13.5. The first kappa shape index (κ1) is 13.1. The molecule has 1 aliphatic carbocycles. The minimum absolute atomic E-state index is 0.235. The van der Waals surface area contributed by atoms with Crippen molar-refractivity contribution in [1.29, 1.82) is 0 Å². The minimum atomic E-state index is -0.235. The Morgan fingerprint density at radius 2 is 2.26 bits per heavy atom. The average Bonchev–Trinajstić information content (AvgIpc) is 3.19. The minimum Gasteiger partial charge on any atom is -0.339 e. The van der Waals surface area contributed by atoms with Crippen molar-refractivity contribution in [3.05, 3.63) is 34.3 Å². The molecule has 1 aromatic rings. The van der Waals surface area contributed by atoms with Gasteiger partial charge in [0, 0.05) is 30.1 Å². The average molecular weight is 323 g/mol. The second-order valence-corrected chi connectivity index (χ2v) is 6.61. The van der Waals surface area contributed by atoms with E-state index in [4.69, 9.17) is 0 Å². The summed E-state index contributed by atoms with van der Waals surface area (Å²) in [7, 11) is 0. The van der Waals surface area contributed by atoms with Gasteiger partial charge in [0.05, 0.1) is 5.41 Å². The van der Waals surface area contributed by atoms with Gasteiger partial charge in [0.2, 0.25) is 5.91 Å². The number of hydrogen-bond acceptors (Lipinski definition) is 2. The first-order chi connectivity index (χ1) is 9.12. The van der Waals surface area contributed by atoms with Crippen LogP contribution in [0.5, 0.6) is 0 Å². The molecule has 1 N–H and O–H groups in total. The molecule has 19 heavy (non-hydrogen) atoms. The van der Waals surface area contributed by atoms with Gasteiger partial charge in [-0.3, -0.25) is 4.79 Å². The van der Waals surface area contributed by atoms with E-state index in [2.05, 4.69) is 40.3 Å². The van der Waals surface area contributed by atoms with Crippen molar-refractivity contribution >= 4 is 21.8 Å². The molecule has 1 saturated carbocycles. The summed E-state index contributed by atoms with van der Waals surface area (Å²) in [5.41, 5.74) is 0.930. The summed E-state index contributed by atoms with van der Waals surface area (Å²) in [6, 6.07) is 8.61. The maximum Gasteiger partial charge on any atom is 0.233 e. The number of benzene rings is 1. The molecule has 4 heteroatoms. The lowest BCUT2D eigenvalue weighted by molar-refractivity contribution is -0.135. The normalized spacial score (nSPS) is 25.2. The van der Waals surface area contributed by atoms with Crippen LogP contribution in [-0.4, -0.2) is 36.5 Å². The van der Waals surface area contributed by atoms with E-state index in [9.17, 15) is 4.79 Å². The van der Waals surface area contributed by atoms with Crippen LogP contribution >= 0.6 is 15.9 Å². The number of carbonyl (C=O) groups is 1. The molecule has 1 atom stereocenters. The highest BCUT2D eigenvalue weighted by molar-refractivity contribution is 9.10. The molecule has 0 radical (unpaired) electrons. The van der Waals surface area contributed by atoms with Crippen LogP contribution in [0.3, 0.4) is 0 Å². The van der Waals surface area contributed by atoms with Crippen LogP contribution < -0.4 is 5.32 Å². The van der Waals surface area contributed by atoms with E-state index < -0.39 is 0 Å². The molecule has 3 nitrogen and oxygen atoms in total. The van der Waals surface area contributed by atoms with Crippen LogP contribution in [0.25, 0.3) is 0 Å². The second kappa shape index (κ2) is 4.91. The van der Waals surface area contributed by atoms with Crippen molar-refractivity contribution < 1.29 is 4.79 Å². The molecule has 102 valence electrons. The zero-order valence-electron chi connectivity index (χ0n) is 11.2. The quantitative estimate of drug-likeness (QED) is 0.906. The Kier molecular flexibility index (Phi) is 3.39. The summed E-state index contributed by atoms with van der Waals surface area (Å²) in [4.78, 5) is 14.9. The predicted octanol–water partition coefficient (Wildman–Crippen LogP) is 2.30. The lowest BCUT2D eigenvalue weighted by atomic mass is 9.94. The summed E-state index contributed by atoms with van der Waals surface area (Å²) in [5, 5.41) is 3.39. The van der Waals surface area contributed by atoms with E-state index in [-0.39, 0.29) is 5.41 Å². The zero-order valence-corrected chi connectivity index (χ0v) is 12.7. The van der Waals surface area contributed by atoms with Gasteiger partial charge in [-0.1, -0.05) is 28.1 Å². The maximum absolute atomic E-state index is 12.8. The van der Waals surface area contributed by atoms with Crippen molar-refractivity contribution in [3.8, 4) is 0 Å². The van der Waals surface area contributed by atoms with Gasteiger partial charge in [-0.15, -0.1) is 0 Å². The van der Waals surface area contributed by atoms with Crippen molar-refractivity contribution in [3.63, 3.8) is 0 Å². The van der Waals surface area contributed by atoms with Crippen LogP contribution in [0.15, 0.2) is 28.7 Å². The van der Waals surface area contributed by atoms with Gasteiger partial charge in [-0.2, -0.15) is 0 Å². The molecule has 2 fully saturated rings. The third kappa shape index (κ3) is 2.43. The molecule has 1 saturated heterocycles. The maximum atomic E-state index is 12.8. The topological polar surface area (TPSA) is 32.3 Å². The Hall–Kier alpha value is -0.870. The molecule has 0 bridgehead atoms. The van der Waals surface area contributed by atoms with Gasteiger partial charge in [0.15, 0.2) is 0 Å². The fraction of sp³-hybridized carbons (Fsp3) is 0.533. The number of halogens is 1. The van der Waals surface area contributed by atoms with E-state index in [0.717, 1.165) is 42.5 Å². The van der Waals surface area contributed by atoms with Crippen molar-refractivity contribution in [2.24, 2.45) is 0 Å². The number of rotatable bonds is 2. The first-order valence-corrected chi connectivity index (χ1v) is 7.70. The standard InChI is InChI=1S/C15H19BrN2O/c1-11-10-18(8-7-17-11)14(19)15(5-6-15)12-3-2-4-13(16)9-12/h2-4,9,11,17H,5-8,10H2,1H3/t11-/m0/s1. The largest absolute Gasteiger partial charge is 0.339 e. The third-order valence-electron chi connectivity index (χ3n) is 4.19. The summed E-state index contributed by atoms with van der Waals surface area (Å²) in [5.74, 6) is 0.318. The smallest absolute Gasteiger partial charge is 0.233 e. The lowest BCUT2D eigenvalue weighted by Gasteiger charge is -2.34. The Labute approximate surface area is 122 Å². The van der Waals surface area contributed by atoms with Crippen LogP contribution in [0.1, 0.15) is 25.3 Å². The SMILES string of the molecule is C[C@H]1CN(C(=O)C2(c3cccc(Br)c3)CC2)CCN1. The molecule has 3 rings (SSSR count). The highest BCUT2D eigenvalue weighted by atomic mass is 79.9. The van der Waals surface area contributed by atoms with E-state index in [0.29, 0.717) is 11.9 Å². The van der Waals surface area contributed by atoms with Gasteiger partial charge < -0.3 is 10.2 Å². The number of amides is 1. The Balaban J connectivity index is 1.82. The molecular weight excluding hydrogens is 304 g/mol. The highest BCUT2D eigenvalue weighted by Gasteiger charge is 2.53. The Morgan fingerprint density at radius 1 is 1.47 bits per heavy atom. The summed E-state index contributed by atoms with van der Waals surface area (Å²) < 4.78 is 1.05. The number of carbonyl (C=O) groups excluding carboxylic acids is 1. The lowest BCUT2D eigenvalue weighted by Crippen LogP contribution is -2.53. The molecule has 1 amide bonds. The van der Waals surface area contributed by atoms with Gasteiger partial charge in [-0.25, -0.2) is 0 Å². The molecule has 1 heterocycles.